The lowest BCUT2D eigenvalue weighted by atomic mass is 9.89. The molecule has 5 aliphatic rings. The van der Waals surface area contributed by atoms with Gasteiger partial charge < -0.3 is 63.3 Å². The Morgan fingerprint density at radius 1 is 0.491 bits per heavy atom. The number of allylic oxidation sites excluding steroid dienone is 4. The van der Waals surface area contributed by atoms with E-state index in [4.69, 9.17) is 23.7 Å². The number of methoxy groups -OCH3 is 3. The molecule has 2 unspecified atom stereocenters. The van der Waals surface area contributed by atoms with Crippen molar-refractivity contribution in [2.24, 2.45) is 33.5 Å². The largest absolute Gasteiger partial charge is 0.477 e. The van der Waals surface area contributed by atoms with E-state index in [2.05, 4.69) is 92.4 Å². The minimum absolute atomic E-state index is 0.0207. The molecule has 3 saturated heterocycles. The molecule has 0 bridgehead atoms. The second kappa shape index (κ2) is 41.1. The maximum atomic E-state index is 13.7. The number of morpholine rings is 3. The van der Waals surface area contributed by atoms with Crippen molar-refractivity contribution in [2.75, 3.05) is 135 Å². The number of aromatic carboxylic acids is 1. The highest BCUT2D eigenvalue weighted by atomic mass is 79.9. The van der Waals surface area contributed by atoms with E-state index in [1.807, 2.05) is 96.1 Å². The Balaban J connectivity index is 0.000000233. The molecule has 27 heteroatoms. The van der Waals surface area contributed by atoms with Gasteiger partial charge in [-0.25, -0.2) is 19.2 Å². The second-order valence-corrected chi connectivity index (χ2v) is 35.4. The van der Waals surface area contributed by atoms with E-state index in [-0.39, 0.29) is 104 Å². The van der Waals surface area contributed by atoms with Crippen LogP contribution in [0.2, 0.25) is 0 Å². The molecule has 22 nitrogen and oxygen atoms in total. The lowest BCUT2D eigenvalue weighted by Crippen LogP contribution is -2.48. The highest BCUT2D eigenvalue weighted by Gasteiger charge is 2.36. The van der Waals surface area contributed by atoms with Gasteiger partial charge in [-0.3, -0.25) is 24.0 Å². The van der Waals surface area contributed by atoms with Crippen LogP contribution < -0.4 is 15.1 Å². The molecular weight excluding hydrogens is 1520 g/mol. The van der Waals surface area contributed by atoms with E-state index in [9.17, 15) is 48.3 Å². The Morgan fingerprint density at radius 3 is 1.18 bits per heavy atom. The fourth-order valence-corrected chi connectivity index (χ4v) is 15.0. The summed E-state index contributed by atoms with van der Waals surface area (Å²) in [5, 5.41) is 12.9. The molecule has 0 saturated carbocycles. The molecule has 3 aliphatic heterocycles. The Labute approximate surface area is 661 Å². The number of carboxylic acids is 1. The van der Waals surface area contributed by atoms with Crippen LogP contribution in [-0.2, 0) is 52.4 Å². The number of nitrogens with one attached hydrogen (secondary N) is 1. The average Bonchev–Trinajstić information content (AvgIpc) is 1.60. The first-order valence-corrected chi connectivity index (χ1v) is 39.9. The lowest BCUT2D eigenvalue weighted by molar-refractivity contribution is -0.135. The minimum Gasteiger partial charge on any atom is -0.477 e. The predicted molar refractivity (Wildman–Crippen MR) is 429 cm³/mol. The van der Waals surface area contributed by atoms with Gasteiger partial charge in [0.05, 0.1) is 104 Å². The number of carbonyl (C=O) groups excluding carboxylic acids is 8. The number of hydrogen-bond donors (Lipinski definition) is 2. The van der Waals surface area contributed by atoms with E-state index in [0.29, 0.717) is 129 Å². The summed E-state index contributed by atoms with van der Waals surface area (Å²) in [6, 6.07) is 7.02. The quantitative estimate of drug-likeness (QED) is 0.0485. The number of carboxylic acid groups (broad SMARTS) is 1. The van der Waals surface area contributed by atoms with Crippen LogP contribution in [-0.4, -0.2) is 193 Å². The topological polar surface area (TPSA) is 257 Å². The van der Waals surface area contributed by atoms with Gasteiger partial charge in [0.25, 0.3) is 0 Å². The number of halogens is 1. The van der Waals surface area contributed by atoms with Crippen LogP contribution >= 0.6 is 61.3 Å². The van der Waals surface area contributed by atoms with Crippen LogP contribution in [0, 0.1) is 80.9 Å². The molecule has 3 fully saturated rings. The number of esters is 3. The van der Waals surface area contributed by atoms with Gasteiger partial charge in [-0.05, 0) is 176 Å². The number of thiophene rings is 4. The molecule has 0 spiro atoms. The summed E-state index contributed by atoms with van der Waals surface area (Å²) in [5.74, 6) is 21.1. The molecule has 5 amide bonds. The van der Waals surface area contributed by atoms with Crippen LogP contribution in [0.4, 0.5) is 17.1 Å². The standard InChI is InChI=1S/C26H34N2O5S.C25H32N2O5S.C18H24N2O4S.C12H13BrO2S/c1-18-6-8-19(9-7-18)24(30)28(17-22(29)27-12-14-33-15-13-27)21-16-20(10-11-26(2,3)4)34-23(21)25(31)32-5;1-17-5-7-18(8-6-17)23(29)27(16-21(28)26-11-13-32-14-12-26)20-15-19(9-10-25(2,3)4)33-22(20)24(30)31;1-18(2,3)6-5-13-11-14(16(25-13)17(22)23-4)19-12-15(21)20-7-9-24-10-8-20;1-12(2,3)6-5-8-7-9(13)10(16-8)11(14)15-4/h6,16,19H,7-9,12-15,17H2,1-5H3;5,15,18H,6-8,11-14,16H2,1-4H3,(H,30,31);11,19H,7-10,12H2,1-4H3;7H,1-4H3. The number of ether oxygens (including phenoxy) is 6. The fourth-order valence-electron chi connectivity index (χ4n) is 10.7. The SMILES string of the molecule is CC1=CCC(C(=O)N(CC(=O)N2CCOCC2)c2cc(C#CC(C)(C)C)sc2C(=O)O)CC1.COC(=O)c1sc(C#CC(C)(C)C)cc1Br.COC(=O)c1sc(C#CC(C)(C)C)cc1N(CC(=O)N1CCOCC1)C(=O)C1CC=C(C)CC1.COC(=O)c1sc(C#CC(C)(C)C)cc1NCC(=O)N1CCOCC1. The van der Waals surface area contributed by atoms with Gasteiger partial charge in [0.15, 0.2) is 0 Å². The molecular formula is C81H103BrN6O16S4. The molecule has 2 N–H and O–H groups in total. The molecule has 0 aromatic carbocycles. The summed E-state index contributed by atoms with van der Waals surface area (Å²) in [6.07, 6.45) is 8.43. The smallest absolute Gasteiger partial charge is 0.350 e. The zero-order chi connectivity index (χ0) is 79.8. The number of anilines is 3. The van der Waals surface area contributed by atoms with E-state index in [0.717, 1.165) is 44.8 Å². The average molecular weight is 1620 g/mol. The Hall–Kier alpha value is -8.09. The normalized spacial score (nSPS) is 16.4. The van der Waals surface area contributed by atoms with Crippen LogP contribution in [0.25, 0.3) is 0 Å². The van der Waals surface area contributed by atoms with Gasteiger partial charge in [-0.2, -0.15) is 0 Å². The van der Waals surface area contributed by atoms with Crippen LogP contribution in [0.1, 0.15) is 194 Å². The third-order valence-corrected chi connectivity index (χ3v) is 21.6. The molecule has 584 valence electrons. The summed E-state index contributed by atoms with van der Waals surface area (Å²) in [7, 11) is 4.02. The zero-order valence-corrected chi connectivity index (χ0v) is 70.1. The number of nitrogens with zero attached hydrogens (tertiary/aromatic N) is 5. The van der Waals surface area contributed by atoms with Crippen molar-refractivity contribution < 1.29 is 76.7 Å². The first-order chi connectivity index (χ1) is 50.8. The fraction of sp³-hybridized carbons (Fsp3) is 0.543. The van der Waals surface area contributed by atoms with Gasteiger partial charge in [-0.15, -0.1) is 45.3 Å². The van der Waals surface area contributed by atoms with Crippen molar-refractivity contribution in [2.45, 2.75) is 135 Å². The Bertz CT molecular complexity index is 4220. The predicted octanol–water partition coefficient (Wildman–Crippen LogP) is 13.6. The third-order valence-electron chi connectivity index (χ3n) is 16.6. The monoisotopic (exact) mass is 1620 g/mol. The molecule has 2 aliphatic carbocycles. The number of hydrogen-bond acceptors (Lipinski definition) is 20. The van der Waals surface area contributed by atoms with Crippen LogP contribution in [0.15, 0.2) is 52.0 Å². The number of amides is 5. The minimum atomic E-state index is -1.13. The molecule has 4 aromatic heterocycles. The van der Waals surface area contributed by atoms with Gasteiger partial charge in [0.2, 0.25) is 29.5 Å². The van der Waals surface area contributed by atoms with Crippen molar-refractivity contribution in [3.8, 4) is 47.4 Å². The van der Waals surface area contributed by atoms with Gasteiger partial charge >= 0.3 is 23.9 Å². The summed E-state index contributed by atoms with van der Waals surface area (Å²) in [5.41, 5.74) is 3.11. The maximum Gasteiger partial charge on any atom is 0.350 e. The van der Waals surface area contributed by atoms with Crippen molar-refractivity contribution in [3.63, 3.8) is 0 Å². The summed E-state index contributed by atoms with van der Waals surface area (Å²) < 4.78 is 31.2. The van der Waals surface area contributed by atoms with Gasteiger partial charge in [-0.1, -0.05) is 70.7 Å². The maximum absolute atomic E-state index is 13.7. The number of carbonyl (C=O) groups is 9. The van der Waals surface area contributed by atoms with Crippen molar-refractivity contribution >= 4 is 132 Å². The second-order valence-electron chi connectivity index (χ2n) is 30.3. The van der Waals surface area contributed by atoms with Gasteiger partial charge in [0, 0.05) is 77.2 Å². The number of rotatable bonds is 15. The molecule has 108 heavy (non-hydrogen) atoms. The highest BCUT2D eigenvalue weighted by molar-refractivity contribution is 9.10. The lowest BCUT2D eigenvalue weighted by Gasteiger charge is -2.32. The summed E-state index contributed by atoms with van der Waals surface area (Å²) in [6.45, 7) is 34.1. The molecule has 9 rings (SSSR count). The zero-order valence-electron chi connectivity index (χ0n) is 65.3. The Kier molecular flexibility index (Phi) is 33.8. The summed E-state index contributed by atoms with van der Waals surface area (Å²) >= 11 is 8.15. The third kappa shape index (κ3) is 28.7. The molecule has 2 atom stereocenters. The van der Waals surface area contributed by atoms with E-state index >= 15 is 0 Å². The Morgan fingerprint density at radius 2 is 0.815 bits per heavy atom. The first kappa shape index (κ1) is 88.8. The van der Waals surface area contributed by atoms with E-state index in [1.165, 1.54) is 76.3 Å². The van der Waals surface area contributed by atoms with Crippen molar-refractivity contribution in [3.05, 3.63) is 91.1 Å². The van der Waals surface area contributed by atoms with Crippen molar-refractivity contribution in [1.29, 1.82) is 0 Å². The molecule has 7 heterocycles. The summed E-state index contributed by atoms with van der Waals surface area (Å²) in [4.78, 5) is 126. The van der Waals surface area contributed by atoms with E-state index < -0.39 is 17.9 Å². The first-order valence-electron chi connectivity index (χ1n) is 35.8. The van der Waals surface area contributed by atoms with Crippen molar-refractivity contribution in [1.82, 2.24) is 14.7 Å². The van der Waals surface area contributed by atoms with Crippen LogP contribution in [0.5, 0.6) is 0 Å². The van der Waals surface area contributed by atoms with Crippen LogP contribution in [0.3, 0.4) is 0 Å². The highest BCUT2D eigenvalue weighted by Crippen LogP contribution is 2.37. The van der Waals surface area contributed by atoms with E-state index in [1.54, 1.807) is 32.9 Å². The van der Waals surface area contributed by atoms with Gasteiger partial charge in [0.1, 0.15) is 32.6 Å². The molecule has 4 aromatic rings. The molecule has 0 radical (unpaired) electrons.